The summed E-state index contributed by atoms with van der Waals surface area (Å²) in [6.45, 7) is 2.40. The summed E-state index contributed by atoms with van der Waals surface area (Å²) < 4.78 is 36.9. The largest absolute Gasteiger partial charge is 0.491 e. The molecular formula is C20H26N2O6S. The fourth-order valence-corrected chi connectivity index (χ4v) is 3.43. The summed E-state index contributed by atoms with van der Waals surface area (Å²) in [4.78, 5) is 12.2. The lowest BCUT2D eigenvalue weighted by atomic mass is 10.2. The first-order chi connectivity index (χ1) is 13.8. The average molecular weight is 423 g/mol. The highest BCUT2D eigenvalue weighted by Gasteiger charge is 2.15. The molecule has 1 unspecified atom stereocenters. The summed E-state index contributed by atoms with van der Waals surface area (Å²) >= 11 is 0. The number of methoxy groups -OCH3 is 1. The van der Waals surface area contributed by atoms with Gasteiger partial charge in [-0.2, -0.15) is 0 Å². The van der Waals surface area contributed by atoms with Crippen LogP contribution in [0.4, 0.5) is 0 Å². The van der Waals surface area contributed by atoms with Crippen LogP contribution >= 0.6 is 0 Å². The van der Waals surface area contributed by atoms with Gasteiger partial charge in [-0.25, -0.2) is 13.1 Å². The zero-order valence-electron chi connectivity index (χ0n) is 16.4. The molecule has 3 N–H and O–H groups in total. The molecule has 0 aliphatic heterocycles. The van der Waals surface area contributed by atoms with Gasteiger partial charge in [0.25, 0.3) is 5.91 Å². The van der Waals surface area contributed by atoms with E-state index in [4.69, 9.17) is 9.47 Å². The topological polar surface area (TPSA) is 114 Å². The van der Waals surface area contributed by atoms with Gasteiger partial charge in [0, 0.05) is 25.8 Å². The molecule has 0 aliphatic rings. The van der Waals surface area contributed by atoms with E-state index in [9.17, 15) is 18.3 Å². The van der Waals surface area contributed by atoms with Crippen LogP contribution in [0.1, 0.15) is 15.9 Å². The van der Waals surface area contributed by atoms with Crippen molar-refractivity contribution >= 4 is 15.9 Å². The summed E-state index contributed by atoms with van der Waals surface area (Å²) in [5.41, 5.74) is 1.33. The van der Waals surface area contributed by atoms with Gasteiger partial charge in [0.2, 0.25) is 10.0 Å². The molecule has 9 heteroatoms. The van der Waals surface area contributed by atoms with Gasteiger partial charge in [0.05, 0.1) is 11.5 Å². The van der Waals surface area contributed by atoms with E-state index in [-0.39, 0.29) is 36.8 Å². The van der Waals surface area contributed by atoms with Crippen LogP contribution in [0.15, 0.2) is 53.4 Å². The van der Waals surface area contributed by atoms with E-state index in [0.29, 0.717) is 5.75 Å². The number of carbonyl (C=O) groups excluding carboxylic acids is 1. The summed E-state index contributed by atoms with van der Waals surface area (Å²) in [5, 5.41) is 12.6. The number of sulfonamides is 1. The second-order valence-corrected chi connectivity index (χ2v) is 8.17. The molecule has 29 heavy (non-hydrogen) atoms. The number of benzene rings is 2. The minimum absolute atomic E-state index is 0.00325. The Hall–Kier alpha value is -2.46. The van der Waals surface area contributed by atoms with Gasteiger partial charge in [0.1, 0.15) is 18.5 Å². The lowest BCUT2D eigenvalue weighted by molar-refractivity contribution is 0.0843. The Balaban J connectivity index is 1.82. The number of hydrogen-bond acceptors (Lipinski definition) is 6. The molecule has 1 atom stereocenters. The fourth-order valence-electron chi connectivity index (χ4n) is 2.42. The molecule has 0 aliphatic carbocycles. The summed E-state index contributed by atoms with van der Waals surface area (Å²) in [6.07, 6.45) is -0.885. The van der Waals surface area contributed by atoms with E-state index >= 15 is 0 Å². The molecule has 0 radical (unpaired) electrons. The Labute approximate surface area is 170 Å². The second-order valence-electron chi connectivity index (χ2n) is 6.41. The van der Waals surface area contributed by atoms with Gasteiger partial charge in [-0.3, -0.25) is 4.79 Å². The van der Waals surface area contributed by atoms with E-state index in [1.54, 1.807) is 6.07 Å². The maximum Gasteiger partial charge on any atom is 0.251 e. The third-order valence-electron chi connectivity index (χ3n) is 3.96. The van der Waals surface area contributed by atoms with Gasteiger partial charge in [-0.15, -0.1) is 0 Å². The van der Waals surface area contributed by atoms with Crippen LogP contribution in [-0.4, -0.2) is 58.9 Å². The highest BCUT2D eigenvalue weighted by atomic mass is 32.2. The van der Waals surface area contributed by atoms with Crippen LogP contribution in [-0.2, 0) is 14.8 Å². The van der Waals surface area contributed by atoms with Crippen LogP contribution in [0.5, 0.6) is 5.75 Å². The van der Waals surface area contributed by atoms with Gasteiger partial charge in [-0.1, -0.05) is 12.1 Å². The molecule has 1 amide bonds. The molecule has 158 valence electrons. The quantitative estimate of drug-likeness (QED) is 0.467. The van der Waals surface area contributed by atoms with E-state index in [1.807, 2.05) is 25.1 Å². The van der Waals surface area contributed by atoms with Crippen LogP contribution in [0.2, 0.25) is 0 Å². The SMILES string of the molecule is COCCNS(=O)(=O)c1ccc(C(=O)NCC(O)COc2cccc(C)c2)cc1. The van der Waals surface area contributed by atoms with Crippen molar-refractivity contribution in [3.63, 3.8) is 0 Å². The first kappa shape index (κ1) is 22.8. The summed E-state index contributed by atoms with van der Waals surface area (Å²) in [5.74, 6) is 0.224. The number of aliphatic hydroxyl groups excluding tert-OH is 1. The van der Waals surface area contributed by atoms with Gasteiger partial charge >= 0.3 is 0 Å². The van der Waals surface area contributed by atoms with Crippen LogP contribution in [0, 0.1) is 6.92 Å². The van der Waals surface area contributed by atoms with Crippen LogP contribution < -0.4 is 14.8 Å². The summed E-state index contributed by atoms with van der Waals surface area (Å²) in [7, 11) is -2.18. The van der Waals surface area contributed by atoms with Crippen molar-refractivity contribution in [3.05, 3.63) is 59.7 Å². The molecule has 2 aromatic carbocycles. The van der Waals surface area contributed by atoms with Crippen molar-refractivity contribution in [2.24, 2.45) is 0 Å². The maximum atomic E-state index is 12.2. The molecule has 2 aromatic rings. The van der Waals surface area contributed by atoms with Crippen molar-refractivity contribution in [1.29, 1.82) is 0 Å². The molecule has 0 bridgehead atoms. The molecule has 0 spiro atoms. The van der Waals surface area contributed by atoms with Gasteiger partial charge < -0.3 is 19.9 Å². The standard InChI is InChI=1S/C20H26N2O6S/c1-15-4-3-5-18(12-15)28-14-17(23)13-21-20(24)16-6-8-19(9-7-16)29(25,26)22-10-11-27-2/h3-9,12,17,22-23H,10-11,13-14H2,1-2H3,(H,21,24). The third kappa shape index (κ3) is 7.47. The van der Waals surface area contributed by atoms with Crippen molar-refractivity contribution in [2.75, 3.05) is 33.4 Å². The van der Waals surface area contributed by atoms with Crippen LogP contribution in [0.3, 0.4) is 0 Å². The number of rotatable bonds is 11. The average Bonchev–Trinajstić information content (AvgIpc) is 2.70. The Kier molecular flexibility index (Phi) is 8.59. The van der Waals surface area contributed by atoms with Crippen molar-refractivity contribution in [3.8, 4) is 5.75 Å². The Morgan fingerprint density at radius 3 is 2.55 bits per heavy atom. The monoisotopic (exact) mass is 422 g/mol. The van der Waals surface area contributed by atoms with E-state index in [2.05, 4.69) is 10.0 Å². The Morgan fingerprint density at radius 2 is 1.90 bits per heavy atom. The Bertz CT molecular complexity index is 899. The first-order valence-electron chi connectivity index (χ1n) is 9.06. The number of amides is 1. The molecular weight excluding hydrogens is 396 g/mol. The minimum Gasteiger partial charge on any atom is -0.491 e. The third-order valence-corrected chi connectivity index (χ3v) is 5.43. The van der Waals surface area contributed by atoms with Crippen LogP contribution in [0.25, 0.3) is 0 Å². The zero-order valence-corrected chi connectivity index (χ0v) is 17.2. The van der Waals surface area contributed by atoms with Gasteiger partial charge in [0.15, 0.2) is 0 Å². The zero-order chi connectivity index (χ0) is 21.3. The fraction of sp³-hybridized carbons (Fsp3) is 0.350. The number of aliphatic hydroxyl groups is 1. The second kappa shape index (κ2) is 10.9. The molecule has 2 rings (SSSR count). The molecule has 8 nitrogen and oxygen atoms in total. The normalized spacial score (nSPS) is 12.4. The first-order valence-corrected chi connectivity index (χ1v) is 10.5. The minimum atomic E-state index is -3.66. The molecule has 0 aromatic heterocycles. The maximum absolute atomic E-state index is 12.2. The number of aryl methyl sites for hydroxylation is 1. The molecule has 0 saturated heterocycles. The number of hydrogen-bond donors (Lipinski definition) is 3. The lowest BCUT2D eigenvalue weighted by Crippen LogP contribution is -2.35. The van der Waals surface area contributed by atoms with Crippen molar-refractivity contribution in [1.82, 2.24) is 10.0 Å². The van der Waals surface area contributed by atoms with E-state index < -0.39 is 22.0 Å². The van der Waals surface area contributed by atoms with Gasteiger partial charge in [-0.05, 0) is 48.9 Å². The lowest BCUT2D eigenvalue weighted by Gasteiger charge is -2.14. The van der Waals surface area contributed by atoms with E-state index in [0.717, 1.165) is 5.56 Å². The van der Waals surface area contributed by atoms with E-state index in [1.165, 1.54) is 31.4 Å². The molecule has 0 heterocycles. The highest BCUT2D eigenvalue weighted by Crippen LogP contribution is 2.13. The van der Waals surface area contributed by atoms with Crippen molar-refractivity contribution in [2.45, 2.75) is 17.9 Å². The Morgan fingerprint density at radius 1 is 1.17 bits per heavy atom. The summed E-state index contributed by atoms with van der Waals surface area (Å²) in [6, 6.07) is 13.0. The predicted octanol–water partition coefficient (Wildman–Crippen LogP) is 1.09. The molecule has 0 saturated carbocycles. The molecule has 0 fully saturated rings. The predicted molar refractivity (Wildman–Crippen MR) is 109 cm³/mol. The number of nitrogens with one attached hydrogen (secondary N) is 2. The van der Waals surface area contributed by atoms with Crippen molar-refractivity contribution < 1.29 is 27.8 Å². The number of carbonyl (C=O) groups is 1. The number of ether oxygens (including phenoxy) is 2. The smallest absolute Gasteiger partial charge is 0.251 e. The highest BCUT2D eigenvalue weighted by molar-refractivity contribution is 7.89.